The van der Waals surface area contributed by atoms with Crippen molar-refractivity contribution in [3.05, 3.63) is 83.9 Å². The summed E-state index contributed by atoms with van der Waals surface area (Å²) in [4.78, 5) is 28.6. The third-order valence-corrected chi connectivity index (χ3v) is 15.6. The van der Waals surface area contributed by atoms with Crippen molar-refractivity contribution >= 4 is 43.6 Å². The van der Waals surface area contributed by atoms with Gasteiger partial charge in [0.1, 0.15) is 11.5 Å². The fourth-order valence-electron chi connectivity index (χ4n) is 10.8. The molecular formula is C58H86N2O9S. The van der Waals surface area contributed by atoms with Gasteiger partial charge in [-0.05, 0) is 187 Å². The Morgan fingerprint density at radius 2 is 1.03 bits per heavy atom. The van der Waals surface area contributed by atoms with E-state index in [4.69, 9.17) is 18.4 Å². The van der Waals surface area contributed by atoms with Gasteiger partial charge in [0.15, 0.2) is 0 Å². The number of aromatic hydroxyl groups is 1. The molecule has 8 rings (SSSR count). The lowest BCUT2D eigenvalue weighted by atomic mass is 9.80. The van der Waals surface area contributed by atoms with Crippen molar-refractivity contribution < 1.29 is 41.5 Å². The highest BCUT2D eigenvalue weighted by molar-refractivity contribution is 7.86. The Morgan fingerprint density at radius 1 is 0.600 bits per heavy atom. The van der Waals surface area contributed by atoms with Crippen LogP contribution in [0.4, 0.5) is 0 Å². The van der Waals surface area contributed by atoms with Gasteiger partial charge in [-0.25, -0.2) is 0 Å². The van der Waals surface area contributed by atoms with Crippen LogP contribution in [0.3, 0.4) is 0 Å². The van der Waals surface area contributed by atoms with Crippen LogP contribution in [0.15, 0.2) is 72.8 Å². The monoisotopic (exact) mass is 987 g/mol. The van der Waals surface area contributed by atoms with Crippen LogP contribution in [0.5, 0.6) is 11.5 Å². The normalized spacial score (nSPS) is 21.8. The number of likely N-dealkylation sites (tertiary alicyclic amines) is 2. The molecule has 70 heavy (non-hydrogen) atoms. The van der Waals surface area contributed by atoms with E-state index >= 15 is 0 Å². The number of phenolic OH excluding ortho intramolecular Hbond substituents is 1. The number of nitrogens with zero attached hydrogens (tertiary/aromatic N) is 2. The summed E-state index contributed by atoms with van der Waals surface area (Å²) >= 11 is 0. The summed E-state index contributed by atoms with van der Waals surface area (Å²) in [6, 6.07) is 25.0. The van der Waals surface area contributed by atoms with E-state index in [1.807, 2.05) is 32.0 Å². The van der Waals surface area contributed by atoms with Crippen LogP contribution in [0, 0.1) is 35.5 Å². The number of ether oxygens (including phenoxy) is 3. The fraction of sp³-hybridized carbons (Fsp3) is 0.621. The van der Waals surface area contributed by atoms with Gasteiger partial charge < -0.3 is 19.3 Å². The van der Waals surface area contributed by atoms with Gasteiger partial charge in [0, 0.05) is 23.9 Å². The van der Waals surface area contributed by atoms with E-state index in [9.17, 15) is 23.1 Å². The molecule has 4 fully saturated rings. The van der Waals surface area contributed by atoms with Crippen molar-refractivity contribution in [3.8, 4) is 11.5 Å². The Balaban J connectivity index is 0.000000210. The van der Waals surface area contributed by atoms with Gasteiger partial charge in [0.25, 0.3) is 10.1 Å². The number of hydrogen-bond donors (Lipinski definition) is 1. The summed E-state index contributed by atoms with van der Waals surface area (Å²) in [5.74, 6) is 4.48. The molecule has 388 valence electrons. The summed E-state index contributed by atoms with van der Waals surface area (Å²) in [6.07, 6.45) is 13.8. The average Bonchev–Trinajstić information content (AvgIpc) is 3.32. The van der Waals surface area contributed by atoms with Crippen LogP contribution in [0.25, 0.3) is 21.5 Å². The minimum atomic E-state index is -3.26. The Kier molecular flexibility index (Phi) is 22.3. The van der Waals surface area contributed by atoms with Gasteiger partial charge in [-0.3, -0.25) is 23.6 Å². The van der Waals surface area contributed by atoms with E-state index in [-0.39, 0.29) is 37.3 Å². The third-order valence-electron chi connectivity index (χ3n) is 15.0. The van der Waals surface area contributed by atoms with E-state index in [1.165, 1.54) is 47.6 Å². The molecule has 0 spiro atoms. The number of fused-ring (bicyclic) bond motifs is 2. The van der Waals surface area contributed by atoms with Gasteiger partial charge in [-0.2, -0.15) is 8.42 Å². The molecule has 0 atom stereocenters. The molecule has 0 bridgehead atoms. The van der Waals surface area contributed by atoms with E-state index in [0.717, 1.165) is 131 Å². The molecule has 2 saturated heterocycles. The minimum Gasteiger partial charge on any atom is -0.507 e. The summed E-state index contributed by atoms with van der Waals surface area (Å²) in [5, 5.41) is 14.3. The molecule has 12 heteroatoms. The molecule has 2 aliphatic carbocycles. The second-order valence-corrected chi connectivity index (χ2v) is 22.3. The highest BCUT2D eigenvalue weighted by Crippen LogP contribution is 2.35. The number of piperidine rings is 2. The zero-order valence-electron chi connectivity index (χ0n) is 42.7. The van der Waals surface area contributed by atoms with Crippen molar-refractivity contribution in [1.82, 2.24) is 9.80 Å². The molecule has 2 heterocycles. The zero-order valence-corrected chi connectivity index (χ0v) is 43.5. The maximum atomic E-state index is 12.0. The summed E-state index contributed by atoms with van der Waals surface area (Å²) in [6.45, 7) is 19.3. The van der Waals surface area contributed by atoms with E-state index in [2.05, 4.69) is 86.0 Å². The lowest BCUT2D eigenvalue weighted by Crippen LogP contribution is -2.36. The van der Waals surface area contributed by atoms with Crippen LogP contribution in [0.1, 0.15) is 137 Å². The second-order valence-electron chi connectivity index (χ2n) is 20.7. The zero-order chi connectivity index (χ0) is 49.5. The lowest BCUT2D eigenvalue weighted by Gasteiger charge is -2.31. The number of rotatable bonds is 14. The van der Waals surface area contributed by atoms with Gasteiger partial charge in [-0.1, -0.05) is 83.7 Å². The Morgan fingerprint density at radius 3 is 1.47 bits per heavy atom. The number of phenols is 1. The Bertz CT molecular complexity index is 2340. The second kappa shape index (κ2) is 27.6. The number of esters is 2. The number of benzene rings is 4. The molecule has 0 radical (unpaired) electrons. The molecule has 0 unspecified atom stereocenters. The van der Waals surface area contributed by atoms with E-state index in [0.29, 0.717) is 31.0 Å². The quantitative estimate of drug-likeness (QED) is 0.0956. The van der Waals surface area contributed by atoms with Crippen LogP contribution < -0.4 is 4.74 Å². The molecule has 0 aromatic heterocycles. The van der Waals surface area contributed by atoms with Crippen LogP contribution in [-0.4, -0.2) is 93.1 Å². The van der Waals surface area contributed by atoms with Crippen molar-refractivity contribution in [2.45, 2.75) is 151 Å². The first-order valence-corrected chi connectivity index (χ1v) is 28.0. The molecule has 1 N–H and O–H groups in total. The Hall–Kier alpha value is -4.23. The first kappa shape index (κ1) is 56.7. The smallest absolute Gasteiger partial charge is 0.309 e. The molecule has 4 aliphatic rings. The first-order chi connectivity index (χ1) is 33.1. The van der Waals surface area contributed by atoms with Crippen molar-refractivity contribution in [1.29, 1.82) is 0 Å². The van der Waals surface area contributed by atoms with Crippen molar-refractivity contribution in [2.24, 2.45) is 35.5 Å². The van der Waals surface area contributed by atoms with Crippen LogP contribution in [-0.2, 0) is 46.5 Å². The molecular weight excluding hydrogens is 901 g/mol. The van der Waals surface area contributed by atoms with Gasteiger partial charge >= 0.3 is 11.9 Å². The number of hydrogen-bond acceptors (Lipinski definition) is 11. The molecule has 11 nitrogen and oxygen atoms in total. The number of carbonyl (C=O) groups is 2. The van der Waals surface area contributed by atoms with Gasteiger partial charge in [-0.15, -0.1) is 0 Å². The fourth-order valence-corrected chi connectivity index (χ4v) is 11.4. The highest BCUT2D eigenvalue weighted by atomic mass is 32.2. The lowest BCUT2D eigenvalue weighted by molar-refractivity contribution is -0.150. The van der Waals surface area contributed by atoms with Crippen molar-refractivity contribution in [2.75, 3.05) is 45.6 Å². The van der Waals surface area contributed by atoms with Crippen molar-refractivity contribution in [3.63, 3.8) is 0 Å². The molecule has 4 aromatic rings. The van der Waals surface area contributed by atoms with Gasteiger partial charge in [0.2, 0.25) is 0 Å². The molecule has 2 aliphatic heterocycles. The first-order valence-electron chi connectivity index (χ1n) is 26.1. The van der Waals surface area contributed by atoms with E-state index < -0.39 is 10.1 Å². The minimum absolute atomic E-state index is 0. The average molecular weight is 987 g/mol. The maximum Gasteiger partial charge on any atom is 0.309 e. The van der Waals surface area contributed by atoms with Gasteiger partial charge in [0.05, 0.1) is 43.5 Å². The molecule has 4 aromatic carbocycles. The largest absolute Gasteiger partial charge is 0.507 e. The summed E-state index contributed by atoms with van der Waals surface area (Å²) in [7, 11) is -3.26. The number of carbonyl (C=O) groups excluding carboxylic acids is 2. The third kappa shape index (κ3) is 17.2. The van der Waals surface area contributed by atoms with Crippen LogP contribution in [0.2, 0.25) is 0 Å². The highest BCUT2D eigenvalue weighted by Gasteiger charge is 2.29. The van der Waals surface area contributed by atoms with Crippen LogP contribution >= 0.6 is 0 Å². The predicted molar refractivity (Wildman–Crippen MR) is 283 cm³/mol. The SMILES string of the molecule is C.CC(C)C1CCC(OS(C)(=O)=O)CC1.CCOC(=O)C1CCN(Cc2ccc3c(O)cccc3c2)CC1.CCOC(=O)C1CCN(Cc2ccc3c(OC4CCC(C(C)C)CC4)cccc3c2)CC1. The predicted octanol–water partition coefficient (Wildman–Crippen LogP) is 12.3. The standard InChI is InChI=1S/C28H39NO3.C19H23NO3.C10H20O3S.CH4/c1-4-31-28(30)23-14-16-29(17-15-23)19-21-8-13-26-24(18-21)6-5-7-27(26)32-25-11-9-22(10-12-25)20(2)3;1-2-23-19(22)15-8-10-20(11-9-15)13-14-6-7-17-16(12-14)4-3-5-18(17)21;1-8(2)9-4-6-10(7-5-9)13-14(3,11)12;/h5-8,13,18,20,22-23,25H,4,9-12,14-17,19H2,1-3H3;3-7,12,15,21H,2,8-11,13H2,1H3;8-10H,4-7H2,1-3H3;1H4. The summed E-state index contributed by atoms with van der Waals surface area (Å²) in [5.41, 5.74) is 2.55. The summed E-state index contributed by atoms with van der Waals surface area (Å²) < 4.78 is 43.6. The molecule has 2 saturated carbocycles. The molecule has 0 amide bonds. The topological polar surface area (TPSA) is 132 Å². The van der Waals surface area contributed by atoms with E-state index in [1.54, 1.807) is 6.07 Å². The maximum absolute atomic E-state index is 12.0. The Labute approximate surface area is 421 Å².